The van der Waals surface area contributed by atoms with Gasteiger partial charge in [0.25, 0.3) is 0 Å². The van der Waals surface area contributed by atoms with Crippen LogP contribution in [0.2, 0.25) is 0 Å². The van der Waals surface area contributed by atoms with Crippen molar-refractivity contribution in [3.63, 3.8) is 0 Å². The zero-order valence-electron chi connectivity index (χ0n) is 12.4. The molecule has 2 aromatic rings. The van der Waals surface area contributed by atoms with Gasteiger partial charge in [-0.1, -0.05) is 15.9 Å². The van der Waals surface area contributed by atoms with Gasteiger partial charge in [0, 0.05) is 16.8 Å². The van der Waals surface area contributed by atoms with Gasteiger partial charge in [0.2, 0.25) is 0 Å². The van der Waals surface area contributed by atoms with Crippen molar-refractivity contribution in [2.45, 2.75) is 32.4 Å². The highest BCUT2D eigenvalue weighted by molar-refractivity contribution is 9.10. The lowest BCUT2D eigenvalue weighted by molar-refractivity contribution is 0.531. The standard InChI is InChI=1S/C14H20BrN3O2S/c1-9(2)18-13-5-4-10(15)8-12(13)17-14(18)11(16)6-7-21(3,19)20/h4-5,8-9,11H,6-7,16H2,1-3H3. The fraction of sp³-hybridized carbons (Fsp3) is 0.500. The van der Waals surface area contributed by atoms with E-state index in [9.17, 15) is 8.42 Å². The lowest BCUT2D eigenvalue weighted by Crippen LogP contribution is -2.20. The monoisotopic (exact) mass is 373 g/mol. The quantitative estimate of drug-likeness (QED) is 0.873. The van der Waals surface area contributed by atoms with Crippen molar-refractivity contribution in [2.75, 3.05) is 12.0 Å². The highest BCUT2D eigenvalue weighted by Crippen LogP contribution is 2.27. The normalized spacial score (nSPS) is 14.0. The topological polar surface area (TPSA) is 78.0 Å². The average Bonchev–Trinajstić information content (AvgIpc) is 2.73. The molecule has 0 saturated heterocycles. The Kier molecular flexibility index (Phi) is 4.75. The van der Waals surface area contributed by atoms with E-state index in [4.69, 9.17) is 5.73 Å². The molecule has 2 rings (SSSR count). The summed E-state index contributed by atoms with van der Waals surface area (Å²) < 4.78 is 25.7. The highest BCUT2D eigenvalue weighted by Gasteiger charge is 2.20. The largest absolute Gasteiger partial charge is 0.324 e. The SMILES string of the molecule is CC(C)n1c(C(N)CCS(C)(=O)=O)nc2cc(Br)ccc21. The van der Waals surface area contributed by atoms with Crippen molar-refractivity contribution in [3.8, 4) is 0 Å². The number of aromatic nitrogens is 2. The first kappa shape index (κ1) is 16.5. The molecule has 0 aliphatic rings. The van der Waals surface area contributed by atoms with Gasteiger partial charge in [-0.3, -0.25) is 0 Å². The number of nitrogens with two attached hydrogens (primary N) is 1. The summed E-state index contributed by atoms with van der Waals surface area (Å²) >= 11 is 3.44. The van der Waals surface area contributed by atoms with E-state index in [1.165, 1.54) is 6.26 Å². The molecule has 0 amide bonds. The molecule has 1 aromatic carbocycles. The van der Waals surface area contributed by atoms with Crippen LogP contribution in [0.5, 0.6) is 0 Å². The summed E-state index contributed by atoms with van der Waals surface area (Å²) in [7, 11) is -3.02. The second kappa shape index (κ2) is 6.06. The van der Waals surface area contributed by atoms with E-state index in [1.54, 1.807) is 0 Å². The number of hydrogen-bond donors (Lipinski definition) is 1. The van der Waals surface area contributed by atoms with Gasteiger partial charge in [-0.15, -0.1) is 0 Å². The van der Waals surface area contributed by atoms with Crippen LogP contribution in [0.25, 0.3) is 11.0 Å². The fourth-order valence-electron chi connectivity index (χ4n) is 2.36. The average molecular weight is 374 g/mol. The number of hydrogen-bond acceptors (Lipinski definition) is 4. The van der Waals surface area contributed by atoms with E-state index in [-0.39, 0.29) is 11.8 Å². The molecule has 1 atom stereocenters. The van der Waals surface area contributed by atoms with E-state index in [0.29, 0.717) is 6.42 Å². The molecule has 1 aromatic heterocycles. The maximum Gasteiger partial charge on any atom is 0.147 e. The van der Waals surface area contributed by atoms with Crippen LogP contribution < -0.4 is 5.73 Å². The summed E-state index contributed by atoms with van der Waals surface area (Å²) in [6.45, 7) is 4.13. The number of imidazole rings is 1. The highest BCUT2D eigenvalue weighted by atomic mass is 79.9. The number of nitrogens with zero attached hydrogens (tertiary/aromatic N) is 2. The second-order valence-corrected chi connectivity index (χ2v) is 8.77. The Morgan fingerprint density at radius 2 is 2.05 bits per heavy atom. The Morgan fingerprint density at radius 3 is 2.62 bits per heavy atom. The van der Waals surface area contributed by atoms with Gasteiger partial charge in [-0.05, 0) is 38.5 Å². The van der Waals surface area contributed by atoms with Gasteiger partial charge in [0.05, 0.1) is 22.8 Å². The molecule has 7 heteroatoms. The summed E-state index contributed by atoms with van der Waals surface area (Å²) in [5.74, 6) is 0.806. The summed E-state index contributed by atoms with van der Waals surface area (Å²) in [5, 5.41) is 0. The zero-order valence-corrected chi connectivity index (χ0v) is 14.8. The molecule has 116 valence electrons. The third-order valence-corrected chi connectivity index (χ3v) is 4.80. The molecule has 5 nitrogen and oxygen atoms in total. The van der Waals surface area contributed by atoms with E-state index >= 15 is 0 Å². The number of benzene rings is 1. The van der Waals surface area contributed by atoms with Crippen molar-refractivity contribution >= 4 is 36.8 Å². The Hall–Kier alpha value is -0.920. The second-order valence-electron chi connectivity index (χ2n) is 5.59. The van der Waals surface area contributed by atoms with Crippen LogP contribution in [0, 0.1) is 0 Å². The fourth-order valence-corrected chi connectivity index (χ4v) is 3.40. The Labute approximate surface area is 133 Å². The van der Waals surface area contributed by atoms with Gasteiger partial charge >= 0.3 is 0 Å². The number of sulfone groups is 1. The third kappa shape index (κ3) is 3.84. The predicted molar refractivity (Wildman–Crippen MR) is 89.1 cm³/mol. The van der Waals surface area contributed by atoms with Crippen LogP contribution in [-0.4, -0.2) is 30.0 Å². The molecule has 0 saturated carbocycles. The molecule has 1 unspecified atom stereocenters. The van der Waals surface area contributed by atoms with Crippen molar-refractivity contribution < 1.29 is 8.42 Å². The Bertz CT molecular complexity index is 753. The molecule has 0 spiro atoms. The maximum atomic E-state index is 11.3. The van der Waals surface area contributed by atoms with Crippen molar-refractivity contribution in [2.24, 2.45) is 5.73 Å². The minimum atomic E-state index is -3.02. The van der Waals surface area contributed by atoms with Gasteiger partial charge < -0.3 is 10.3 Å². The van der Waals surface area contributed by atoms with Gasteiger partial charge in [0.1, 0.15) is 15.7 Å². The number of rotatable bonds is 5. The molecule has 0 bridgehead atoms. The van der Waals surface area contributed by atoms with Crippen LogP contribution >= 0.6 is 15.9 Å². The Balaban J connectivity index is 2.44. The minimum Gasteiger partial charge on any atom is -0.324 e. The van der Waals surface area contributed by atoms with Gasteiger partial charge in [0.15, 0.2) is 0 Å². The van der Waals surface area contributed by atoms with Crippen molar-refractivity contribution in [1.82, 2.24) is 9.55 Å². The molecule has 2 N–H and O–H groups in total. The van der Waals surface area contributed by atoms with E-state index in [0.717, 1.165) is 21.3 Å². The first-order chi connectivity index (χ1) is 9.69. The molecule has 0 aliphatic heterocycles. The van der Waals surface area contributed by atoms with Gasteiger partial charge in [-0.25, -0.2) is 13.4 Å². The predicted octanol–water partition coefficient (Wildman–Crippen LogP) is 2.81. The third-order valence-electron chi connectivity index (χ3n) is 3.33. The first-order valence-electron chi connectivity index (χ1n) is 6.79. The van der Waals surface area contributed by atoms with Crippen LogP contribution in [0.15, 0.2) is 22.7 Å². The van der Waals surface area contributed by atoms with Crippen LogP contribution in [0.3, 0.4) is 0 Å². The smallest absolute Gasteiger partial charge is 0.147 e. The lowest BCUT2D eigenvalue weighted by atomic mass is 10.2. The zero-order chi connectivity index (χ0) is 15.8. The first-order valence-corrected chi connectivity index (χ1v) is 9.65. The van der Waals surface area contributed by atoms with E-state index in [2.05, 4.69) is 39.3 Å². The summed E-state index contributed by atoms with van der Waals surface area (Å²) in [6, 6.07) is 5.72. The molecule has 0 radical (unpaired) electrons. The number of fused-ring (bicyclic) bond motifs is 1. The molecular weight excluding hydrogens is 354 g/mol. The molecule has 21 heavy (non-hydrogen) atoms. The van der Waals surface area contributed by atoms with Crippen molar-refractivity contribution in [1.29, 1.82) is 0 Å². The maximum absolute atomic E-state index is 11.3. The van der Waals surface area contributed by atoms with Crippen LogP contribution in [0.4, 0.5) is 0 Å². The lowest BCUT2D eigenvalue weighted by Gasteiger charge is -2.17. The summed E-state index contributed by atoms with van der Waals surface area (Å²) in [5.41, 5.74) is 8.06. The molecule has 0 aliphatic carbocycles. The van der Waals surface area contributed by atoms with Crippen LogP contribution in [0.1, 0.15) is 38.2 Å². The van der Waals surface area contributed by atoms with Gasteiger partial charge in [-0.2, -0.15) is 0 Å². The number of halogens is 1. The van der Waals surface area contributed by atoms with E-state index in [1.807, 2.05) is 18.2 Å². The van der Waals surface area contributed by atoms with Crippen LogP contribution in [-0.2, 0) is 9.84 Å². The summed E-state index contributed by atoms with van der Waals surface area (Å²) in [4.78, 5) is 4.61. The van der Waals surface area contributed by atoms with E-state index < -0.39 is 15.9 Å². The molecular formula is C14H20BrN3O2S. The molecule has 1 heterocycles. The molecule has 0 fully saturated rings. The van der Waals surface area contributed by atoms with Crippen molar-refractivity contribution in [3.05, 3.63) is 28.5 Å². The minimum absolute atomic E-state index is 0.0686. The summed E-state index contributed by atoms with van der Waals surface area (Å²) in [6.07, 6.45) is 1.60. The Morgan fingerprint density at radius 1 is 1.38 bits per heavy atom.